The van der Waals surface area contributed by atoms with E-state index in [0.717, 1.165) is 36.3 Å². The molecule has 1 fully saturated rings. The lowest BCUT2D eigenvalue weighted by atomic mass is 9.81. The predicted octanol–water partition coefficient (Wildman–Crippen LogP) is 4.41. The Hall–Kier alpha value is -2.75. The third-order valence-corrected chi connectivity index (χ3v) is 7.55. The SMILES string of the molecule is COCC(C)(F)CN1[C@H](c2ccc(OC3CN(CCCF)C3)cc2OC)c2ccc(N)c(C=N)c2C[C@H]1C. The van der Waals surface area contributed by atoms with Crippen molar-refractivity contribution in [2.45, 2.75) is 50.5 Å². The molecule has 2 heterocycles. The number of fused-ring (bicyclic) bond motifs is 1. The smallest absolute Gasteiger partial charge is 0.144 e. The summed E-state index contributed by atoms with van der Waals surface area (Å²) in [5.41, 5.74) is 8.82. The first-order valence-electron chi connectivity index (χ1n) is 13.2. The summed E-state index contributed by atoms with van der Waals surface area (Å²) in [4.78, 5) is 4.33. The number of benzene rings is 2. The average molecular weight is 531 g/mol. The van der Waals surface area contributed by atoms with E-state index in [2.05, 4.69) is 16.7 Å². The molecule has 2 aliphatic heterocycles. The Morgan fingerprint density at radius 3 is 2.58 bits per heavy atom. The first-order chi connectivity index (χ1) is 18.2. The van der Waals surface area contributed by atoms with Crippen molar-refractivity contribution in [3.8, 4) is 11.5 Å². The third-order valence-electron chi connectivity index (χ3n) is 7.55. The molecule has 7 nitrogen and oxygen atoms in total. The number of hydrogen-bond acceptors (Lipinski definition) is 7. The van der Waals surface area contributed by atoms with Crippen LogP contribution in [0, 0.1) is 5.41 Å². The van der Waals surface area contributed by atoms with Gasteiger partial charge in [0.25, 0.3) is 0 Å². The van der Waals surface area contributed by atoms with Crippen molar-refractivity contribution >= 4 is 11.9 Å². The molecule has 9 heteroatoms. The van der Waals surface area contributed by atoms with Gasteiger partial charge in [0, 0.05) is 68.4 Å². The van der Waals surface area contributed by atoms with E-state index < -0.39 is 5.67 Å². The zero-order chi connectivity index (χ0) is 27.4. The number of rotatable bonds is 12. The molecule has 3 N–H and O–H groups in total. The van der Waals surface area contributed by atoms with E-state index in [4.69, 9.17) is 25.4 Å². The molecule has 208 valence electrons. The molecule has 1 unspecified atom stereocenters. The molecule has 0 aromatic heterocycles. The van der Waals surface area contributed by atoms with Crippen LogP contribution >= 0.6 is 0 Å². The Morgan fingerprint density at radius 2 is 1.92 bits per heavy atom. The van der Waals surface area contributed by atoms with Crippen LogP contribution in [0.25, 0.3) is 0 Å². The second-order valence-corrected chi connectivity index (χ2v) is 10.7. The van der Waals surface area contributed by atoms with E-state index in [-0.39, 0.29) is 38.0 Å². The molecule has 4 rings (SSSR count). The van der Waals surface area contributed by atoms with Gasteiger partial charge in [-0.2, -0.15) is 0 Å². The highest BCUT2D eigenvalue weighted by atomic mass is 19.1. The van der Waals surface area contributed by atoms with Gasteiger partial charge in [-0.1, -0.05) is 6.07 Å². The molecule has 2 aromatic carbocycles. The van der Waals surface area contributed by atoms with E-state index >= 15 is 4.39 Å². The first-order valence-corrected chi connectivity index (χ1v) is 13.2. The second kappa shape index (κ2) is 12.0. The van der Waals surface area contributed by atoms with Gasteiger partial charge >= 0.3 is 0 Å². The van der Waals surface area contributed by atoms with Crippen LogP contribution in [0.15, 0.2) is 30.3 Å². The number of nitrogens with one attached hydrogen (secondary N) is 1. The largest absolute Gasteiger partial charge is 0.496 e. The van der Waals surface area contributed by atoms with Crippen LogP contribution < -0.4 is 15.2 Å². The lowest BCUT2D eigenvalue weighted by molar-refractivity contribution is 0.00185. The molecule has 1 saturated heterocycles. The highest BCUT2D eigenvalue weighted by Gasteiger charge is 2.40. The van der Waals surface area contributed by atoms with Crippen LogP contribution in [-0.4, -0.2) is 87.5 Å². The van der Waals surface area contributed by atoms with Gasteiger partial charge in [-0.05, 0) is 56.0 Å². The van der Waals surface area contributed by atoms with Crippen LogP contribution in [0.5, 0.6) is 11.5 Å². The van der Waals surface area contributed by atoms with Crippen LogP contribution in [0.3, 0.4) is 0 Å². The fourth-order valence-corrected chi connectivity index (χ4v) is 5.77. The quantitative estimate of drug-likeness (QED) is 0.313. The van der Waals surface area contributed by atoms with Crippen molar-refractivity contribution < 1.29 is 23.0 Å². The lowest BCUT2D eigenvalue weighted by Gasteiger charge is -2.45. The van der Waals surface area contributed by atoms with Gasteiger partial charge in [-0.15, -0.1) is 0 Å². The zero-order valence-electron chi connectivity index (χ0n) is 22.8. The van der Waals surface area contributed by atoms with Crippen molar-refractivity contribution in [3.63, 3.8) is 0 Å². The second-order valence-electron chi connectivity index (χ2n) is 10.7. The maximum absolute atomic E-state index is 15.6. The highest BCUT2D eigenvalue weighted by molar-refractivity contribution is 5.88. The van der Waals surface area contributed by atoms with Gasteiger partial charge in [0.05, 0.1) is 26.4 Å². The van der Waals surface area contributed by atoms with Crippen LogP contribution in [0.2, 0.25) is 0 Å². The normalized spacial score (nSPS) is 21.8. The molecule has 38 heavy (non-hydrogen) atoms. The molecule has 0 amide bonds. The summed E-state index contributed by atoms with van der Waals surface area (Å²) in [7, 11) is 3.13. The number of nitrogens with zero attached hydrogens (tertiary/aromatic N) is 2. The monoisotopic (exact) mass is 530 g/mol. The maximum atomic E-state index is 15.6. The molecular formula is C29H40F2N4O3. The maximum Gasteiger partial charge on any atom is 0.144 e. The first kappa shape index (κ1) is 28.3. The van der Waals surface area contributed by atoms with Crippen molar-refractivity contribution in [2.24, 2.45) is 0 Å². The molecule has 2 aliphatic rings. The Morgan fingerprint density at radius 1 is 1.18 bits per heavy atom. The molecule has 0 saturated carbocycles. The number of ether oxygens (including phenoxy) is 3. The van der Waals surface area contributed by atoms with Gasteiger partial charge in [0.15, 0.2) is 0 Å². The van der Waals surface area contributed by atoms with Gasteiger partial charge in [0.2, 0.25) is 0 Å². The van der Waals surface area contributed by atoms with Gasteiger partial charge in [-0.3, -0.25) is 14.2 Å². The van der Waals surface area contributed by atoms with Crippen LogP contribution in [0.1, 0.15) is 48.6 Å². The number of alkyl halides is 2. The highest BCUT2D eigenvalue weighted by Crippen LogP contribution is 2.44. The number of nitrogen functional groups attached to an aromatic ring is 1. The fraction of sp³-hybridized carbons (Fsp3) is 0.552. The Labute approximate surface area is 224 Å². The lowest BCUT2D eigenvalue weighted by Crippen LogP contribution is -2.53. The summed E-state index contributed by atoms with van der Waals surface area (Å²) in [5.74, 6) is 1.34. The molecule has 0 bridgehead atoms. The molecule has 0 radical (unpaired) electrons. The summed E-state index contributed by atoms with van der Waals surface area (Å²) < 4.78 is 45.2. The topological polar surface area (TPSA) is 84.0 Å². The number of anilines is 1. The van der Waals surface area contributed by atoms with Crippen molar-refractivity contribution in [3.05, 3.63) is 52.6 Å². The predicted molar refractivity (Wildman–Crippen MR) is 146 cm³/mol. The number of methoxy groups -OCH3 is 2. The summed E-state index contributed by atoms with van der Waals surface area (Å²) in [6.07, 6.45) is 2.55. The third kappa shape index (κ3) is 5.95. The summed E-state index contributed by atoms with van der Waals surface area (Å²) in [6.45, 7) is 5.76. The Bertz CT molecular complexity index is 1120. The van der Waals surface area contributed by atoms with E-state index in [1.54, 1.807) is 14.0 Å². The minimum Gasteiger partial charge on any atom is -0.496 e. The number of halogens is 2. The molecule has 0 aliphatic carbocycles. The van der Waals surface area contributed by atoms with Gasteiger partial charge < -0.3 is 25.4 Å². The van der Waals surface area contributed by atoms with Crippen molar-refractivity contribution in [1.82, 2.24) is 9.80 Å². The van der Waals surface area contributed by atoms with E-state index in [9.17, 15) is 4.39 Å². The van der Waals surface area contributed by atoms with Crippen LogP contribution in [-0.2, 0) is 11.2 Å². The summed E-state index contributed by atoms with van der Waals surface area (Å²) in [6, 6.07) is 9.26. The number of likely N-dealkylation sites (tertiary alicyclic amines) is 1. The molecular weight excluding hydrogens is 490 g/mol. The van der Waals surface area contributed by atoms with Crippen molar-refractivity contribution in [1.29, 1.82) is 5.41 Å². The standard InChI is InChI=1S/C29H40F2N4O3/c1-19-12-24-22(8-9-26(33)25(24)14-32)28(35(19)17-29(2,31)18-36-3)23-7-6-20(13-27(23)37-4)38-21-15-34(16-21)11-5-10-30/h6-9,13-14,19,21,28,32H,5,10-12,15-18,33H2,1-4H3/t19-,28+,29?/m1/s1. The molecule has 3 atom stereocenters. The molecule has 0 spiro atoms. The van der Waals surface area contributed by atoms with E-state index in [1.165, 1.54) is 13.3 Å². The summed E-state index contributed by atoms with van der Waals surface area (Å²) >= 11 is 0. The van der Waals surface area contributed by atoms with Gasteiger partial charge in [0.1, 0.15) is 23.3 Å². The number of nitrogens with two attached hydrogens (primary N) is 1. The Balaban J connectivity index is 1.69. The zero-order valence-corrected chi connectivity index (χ0v) is 22.8. The van der Waals surface area contributed by atoms with E-state index in [0.29, 0.717) is 35.6 Å². The van der Waals surface area contributed by atoms with Gasteiger partial charge in [-0.25, -0.2) is 4.39 Å². The number of hydrogen-bond donors (Lipinski definition) is 2. The fourth-order valence-electron chi connectivity index (χ4n) is 5.77. The van der Waals surface area contributed by atoms with Crippen LogP contribution in [0.4, 0.5) is 14.5 Å². The van der Waals surface area contributed by atoms with Crippen molar-refractivity contribution in [2.75, 3.05) is 59.4 Å². The minimum absolute atomic E-state index is 0.0169. The molecule has 2 aromatic rings. The Kier molecular flexibility index (Phi) is 8.90. The average Bonchev–Trinajstić information content (AvgIpc) is 2.86. The van der Waals surface area contributed by atoms with E-state index in [1.807, 2.05) is 30.3 Å². The minimum atomic E-state index is -1.56. The summed E-state index contributed by atoms with van der Waals surface area (Å²) in [5, 5.41) is 8.00.